The maximum atomic E-state index is 6.15. The first-order valence-electron chi connectivity index (χ1n) is 5.21. The summed E-state index contributed by atoms with van der Waals surface area (Å²) < 4.78 is 3.03. The molecule has 17 heavy (non-hydrogen) atoms. The van der Waals surface area contributed by atoms with E-state index >= 15 is 0 Å². The summed E-state index contributed by atoms with van der Waals surface area (Å²) in [4.78, 5) is 4.19. The second-order valence-electron chi connectivity index (χ2n) is 3.60. The van der Waals surface area contributed by atoms with E-state index in [9.17, 15) is 0 Å². The zero-order valence-corrected chi connectivity index (χ0v) is 11.6. The van der Waals surface area contributed by atoms with Crippen LogP contribution in [0.1, 0.15) is 30.8 Å². The SMILES string of the molecule is CCCn1ncnc1C(N)c1cc(Cl)sc1Cl. The molecule has 0 saturated carbocycles. The highest BCUT2D eigenvalue weighted by Gasteiger charge is 2.20. The van der Waals surface area contributed by atoms with E-state index in [0.717, 1.165) is 18.5 Å². The highest BCUT2D eigenvalue weighted by Crippen LogP contribution is 2.35. The quantitative estimate of drug-likeness (QED) is 0.941. The van der Waals surface area contributed by atoms with E-state index in [2.05, 4.69) is 17.0 Å². The van der Waals surface area contributed by atoms with Crippen LogP contribution in [0.3, 0.4) is 0 Å². The molecule has 92 valence electrons. The fourth-order valence-electron chi connectivity index (χ4n) is 1.60. The van der Waals surface area contributed by atoms with Crippen molar-refractivity contribution in [3.05, 3.63) is 32.5 Å². The Morgan fingerprint density at radius 1 is 1.53 bits per heavy atom. The van der Waals surface area contributed by atoms with Gasteiger partial charge in [0.2, 0.25) is 0 Å². The Kier molecular flexibility index (Phi) is 4.04. The maximum absolute atomic E-state index is 6.15. The van der Waals surface area contributed by atoms with Crippen molar-refractivity contribution in [3.8, 4) is 0 Å². The van der Waals surface area contributed by atoms with Crippen LogP contribution in [0.25, 0.3) is 0 Å². The molecule has 2 aromatic rings. The molecule has 7 heteroatoms. The molecule has 0 amide bonds. The van der Waals surface area contributed by atoms with E-state index in [1.54, 1.807) is 10.7 Å². The van der Waals surface area contributed by atoms with Gasteiger partial charge in [-0.3, -0.25) is 0 Å². The normalized spacial score (nSPS) is 12.9. The number of halogens is 2. The number of rotatable bonds is 4. The van der Waals surface area contributed by atoms with Gasteiger partial charge in [0.1, 0.15) is 12.2 Å². The van der Waals surface area contributed by atoms with Crippen molar-refractivity contribution in [3.63, 3.8) is 0 Å². The minimum absolute atomic E-state index is 0.389. The predicted octanol–water partition coefficient (Wildman–Crippen LogP) is 3.10. The van der Waals surface area contributed by atoms with Crippen LogP contribution in [0, 0.1) is 0 Å². The summed E-state index contributed by atoms with van der Waals surface area (Å²) in [6.45, 7) is 2.87. The molecular weight excluding hydrogens is 279 g/mol. The van der Waals surface area contributed by atoms with Crippen molar-refractivity contribution in [2.75, 3.05) is 0 Å². The van der Waals surface area contributed by atoms with Crippen LogP contribution in [0.15, 0.2) is 12.4 Å². The predicted molar refractivity (Wildman–Crippen MR) is 70.7 cm³/mol. The van der Waals surface area contributed by atoms with Gasteiger partial charge in [-0.2, -0.15) is 5.10 Å². The Labute approximate surface area is 113 Å². The largest absolute Gasteiger partial charge is 0.318 e. The Hall–Kier alpha value is -0.620. The van der Waals surface area contributed by atoms with E-state index in [-0.39, 0.29) is 6.04 Å². The molecule has 0 aliphatic rings. The third kappa shape index (κ3) is 2.63. The number of nitrogens with two attached hydrogens (primary N) is 1. The van der Waals surface area contributed by atoms with Gasteiger partial charge in [0.25, 0.3) is 0 Å². The monoisotopic (exact) mass is 290 g/mol. The summed E-state index contributed by atoms with van der Waals surface area (Å²) in [7, 11) is 0. The third-order valence-corrected chi connectivity index (χ3v) is 3.90. The van der Waals surface area contributed by atoms with Crippen molar-refractivity contribution >= 4 is 34.5 Å². The average molecular weight is 291 g/mol. The number of aromatic nitrogens is 3. The van der Waals surface area contributed by atoms with Crippen molar-refractivity contribution in [1.29, 1.82) is 0 Å². The van der Waals surface area contributed by atoms with Gasteiger partial charge in [-0.1, -0.05) is 30.1 Å². The third-order valence-electron chi connectivity index (χ3n) is 2.38. The molecule has 2 N–H and O–H groups in total. The number of thiophene rings is 1. The van der Waals surface area contributed by atoms with Crippen LogP contribution in [0.4, 0.5) is 0 Å². The molecule has 0 spiro atoms. The first-order chi connectivity index (χ1) is 8.13. The summed E-state index contributed by atoms with van der Waals surface area (Å²) >= 11 is 13.3. The van der Waals surface area contributed by atoms with Crippen LogP contribution >= 0.6 is 34.5 Å². The highest BCUT2D eigenvalue weighted by atomic mass is 35.5. The van der Waals surface area contributed by atoms with Gasteiger partial charge in [-0.25, -0.2) is 9.67 Å². The van der Waals surface area contributed by atoms with Crippen molar-refractivity contribution in [2.45, 2.75) is 25.9 Å². The number of aryl methyl sites for hydroxylation is 1. The Balaban J connectivity index is 2.33. The topological polar surface area (TPSA) is 56.7 Å². The first kappa shape index (κ1) is 12.8. The number of nitrogens with zero attached hydrogens (tertiary/aromatic N) is 3. The van der Waals surface area contributed by atoms with E-state index < -0.39 is 0 Å². The lowest BCUT2D eigenvalue weighted by Crippen LogP contribution is -2.18. The molecule has 0 aromatic carbocycles. The minimum Gasteiger partial charge on any atom is -0.318 e. The fraction of sp³-hybridized carbons (Fsp3) is 0.400. The van der Waals surface area contributed by atoms with Gasteiger partial charge in [0.15, 0.2) is 0 Å². The van der Waals surface area contributed by atoms with Crippen molar-refractivity contribution in [1.82, 2.24) is 14.8 Å². The van der Waals surface area contributed by atoms with Gasteiger partial charge in [0.05, 0.1) is 14.7 Å². The van der Waals surface area contributed by atoms with Crippen LogP contribution in [-0.4, -0.2) is 14.8 Å². The standard InChI is InChI=1S/C10H12Cl2N4S/c1-2-3-16-10(14-5-15-16)8(13)6-4-7(11)17-9(6)12/h4-5,8H,2-3,13H2,1H3. The number of hydrogen-bond donors (Lipinski definition) is 1. The second-order valence-corrected chi connectivity index (χ2v) is 5.88. The molecule has 0 fully saturated rings. The molecule has 0 aliphatic carbocycles. The zero-order chi connectivity index (χ0) is 12.4. The molecule has 2 rings (SSSR count). The van der Waals surface area contributed by atoms with Gasteiger partial charge in [-0.15, -0.1) is 11.3 Å². The summed E-state index contributed by atoms with van der Waals surface area (Å²) in [5.74, 6) is 0.711. The lowest BCUT2D eigenvalue weighted by molar-refractivity contribution is 0.553. The Bertz CT molecular complexity index is 508. The fourth-order valence-corrected chi connectivity index (χ4v) is 3.15. The van der Waals surface area contributed by atoms with E-state index in [4.69, 9.17) is 28.9 Å². The van der Waals surface area contributed by atoms with Crippen LogP contribution in [0.2, 0.25) is 8.67 Å². The number of hydrogen-bond acceptors (Lipinski definition) is 4. The first-order valence-corrected chi connectivity index (χ1v) is 6.78. The molecule has 1 atom stereocenters. The lowest BCUT2D eigenvalue weighted by Gasteiger charge is -2.11. The van der Waals surface area contributed by atoms with Gasteiger partial charge in [-0.05, 0) is 12.5 Å². The minimum atomic E-state index is -0.389. The molecule has 0 bridgehead atoms. The molecule has 0 radical (unpaired) electrons. The molecule has 1 unspecified atom stereocenters. The van der Waals surface area contributed by atoms with Crippen molar-refractivity contribution in [2.24, 2.45) is 5.73 Å². The molecule has 0 saturated heterocycles. The average Bonchev–Trinajstić information content (AvgIpc) is 2.85. The summed E-state index contributed by atoms with van der Waals surface area (Å²) in [6, 6.07) is 1.39. The highest BCUT2D eigenvalue weighted by molar-refractivity contribution is 7.20. The van der Waals surface area contributed by atoms with Gasteiger partial charge < -0.3 is 5.73 Å². The molecule has 4 nitrogen and oxygen atoms in total. The van der Waals surface area contributed by atoms with E-state index in [1.807, 2.05) is 0 Å². The van der Waals surface area contributed by atoms with E-state index in [1.165, 1.54) is 17.7 Å². The van der Waals surface area contributed by atoms with E-state index in [0.29, 0.717) is 14.5 Å². The van der Waals surface area contributed by atoms with Gasteiger partial charge >= 0.3 is 0 Å². The van der Waals surface area contributed by atoms with Crippen LogP contribution in [-0.2, 0) is 6.54 Å². The molecular formula is C10H12Cl2N4S. The summed E-state index contributed by atoms with van der Waals surface area (Å²) in [5, 5.41) is 4.14. The molecule has 0 aliphatic heterocycles. The maximum Gasteiger partial charge on any atom is 0.148 e. The van der Waals surface area contributed by atoms with Crippen LogP contribution < -0.4 is 5.73 Å². The smallest absolute Gasteiger partial charge is 0.148 e. The second kappa shape index (κ2) is 5.35. The van der Waals surface area contributed by atoms with Gasteiger partial charge in [0, 0.05) is 12.1 Å². The van der Waals surface area contributed by atoms with Crippen LogP contribution in [0.5, 0.6) is 0 Å². The van der Waals surface area contributed by atoms with Crippen molar-refractivity contribution < 1.29 is 0 Å². The summed E-state index contributed by atoms with van der Waals surface area (Å²) in [6.07, 6.45) is 2.48. The summed E-state index contributed by atoms with van der Waals surface area (Å²) in [5.41, 5.74) is 6.94. The Morgan fingerprint density at radius 3 is 2.88 bits per heavy atom. The zero-order valence-electron chi connectivity index (χ0n) is 9.23. The lowest BCUT2D eigenvalue weighted by atomic mass is 10.1. The Morgan fingerprint density at radius 2 is 2.29 bits per heavy atom. The molecule has 2 aromatic heterocycles. The molecule has 2 heterocycles.